The number of thiazole rings is 1. The molecule has 3 N–H and O–H groups in total. The molecule has 2 aromatic rings. The third kappa shape index (κ3) is 5.01. The van der Waals surface area contributed by atoms with Crippen molar-refractivity contribution in [1.82, 2.24) is 9.71 Å². The molecule has 0 fully saturated rings. The third-order valence-electron chi connectivity index (χ3n) is 2.52. The molecule has 0 amide bonds. The molecule has 116 valence electrons. The number of halogens is 2. The molecule has 0 radical (unpaired) electrons. The molecule has 0 saturated carbocycles. The van der Waals surface area contributed by atoms with Crippen LogP contribution in [0.25, 0.3) is 10.6 Å². The maximum Gasteiger partial charge on any atom is 0.258 e. The number of hydrogen-bond acceptors (Lipinski definition) is 5. The van der Waals surface area contributed by atoms with Crippen molar-refractivity contribution in [2.24, 2.45) is 5.73 Å². The zero-order valence-electron chi connectivity index (χ0n) is 11.0. The summed E-state index contributed by atoms with van der Waals surface area (Å²) >= 11 is 4.66. The fourth-order valence-corrected chi connectivity index (χ4v) is 3.92. The van der Waals surface area contributed by atoms with Crippen molar-refractivity contribution in [3.05, 3.63) is 34.1 Å². The van der Waals surface area contributed by atoms with Gasteiger partial charge in [0.1, 0.15) is 5.01 Å². The Bertz CT molecular complexity index is 674. The molecule has 1 aromatic heterocycles. The van der Waals surface area contributed by atoms with E-state index < -0.39 is 10.0 Å². The van der Waals surface area contributed by atoms with Crippen LogP contribution in [0.4, 0.5) is 0 Å². The van der Waals surface area contributed by atoms with Crippen LogP contribution in [0, 0.1) is 0 Å². The van der Waals surface area contributed by atoms with Crippen LogP contribution in [0.5, 0.6) is 0 Å². The Hall–Kier alpha value is -0.510. The molecule has 0 saturated heterocycles. The van der Waals surface area contributed by atoms with Gasteiger partial charge < -0.3 is 5.73 Å². The van der Waals surface area contributed by atoms with E-state index in [0.29, 0.717) is 24.5 Å². The summed E-state index contributed by atoms with van der Waals surface area (Å²) in [6, 6.07) is 7.57. The number of aromatic nitrogens is 1. The molecule has 21 heavy (non-hydrogen) atoms. The second-order valence-electron chi connectivity index (χ2n) is 4.04. The summed E-state index contributed by atoms with van der Waals surface area (Å²) in [5, 5.41) is 2.27. The monoisotopic (exact) mass is 411 g/mol. The molecule has 0 spiro atoms. The van der Waals surface area contributed by atoms with E-state index >= 15 is 0 Å². The first-order valence-electron chi connectivity index (χ1n) is 5.94. The molecule has 1 aromatic carbocycles. The van der Waals surface area contributed by atoms with E-state index in [1.54, 1.807) is 5.38 Å². The molecular weight excluding hydrogens is 398 g/mol. The third-order valence-corrected chi connectivity index (χ3v) is 5.44. The van der Waals surface area contributed by atoms with Crippen molar-refractivity contribution in [2.75, 3.05) is 13.1 Å². The summed E-state index contributed by atoms with van der Waals surface area (Å²) in [4.78, 5) is 4.18. The second-order valence-corrected chi connectivity index (χ2v) is 7.53. The summed E-state index contributed by atoms with van der Waals surface area (Å²) in [7, 11) is -3.54. The first-order valence-corrected chi connectivity index (χ1v) is 9.10. The average molecular weight is 413 g/mol. The van der Waals surface area contributed by atoms with E-state index in [1.807, 2.05) is 24.3 Å². The fraction of sp³-hybridized carbons (Fsp3) is 0.250. The van der Waals surface area contributed by atoms with Gasteiger partial charge in [0, 0.05) is 22.0 Å². The lowest BCUT2D eigenvalue weighted by molar-refractivity contribution is 0.576. The number of benzene rings is 1. The summed E-state index contributed by atoms with van der Waals surface area (Å²) < 4.78 is 27.4. The van der Waals surface area contributed by atoms with E-state index in [4.69, 9.17) is 5.73 Å². The number of hydrogen-bond donors (Lipinski definition) is 2. The van der Waals surface area contributed by atoms with Gasteiger partial charge in [-0.25, -0.2) is 18.1 Å². The molecule has 0 unspecified atom stereocenters. The van der Waals surface area contributed by atoms with Gasteiger partial charge in [0.05, 0.1) is 0 Å². The highest BCUT2D eigenvalue weighted by Crippen LogP contribution is 2.26. The highest BCUT2D eigenvalue weighted by atomic mass is 79.9. The molecule has 0 aliphatic rings. The van der Waals surface area contributed by atoms with Gasteiger partial charge in [-0.3, -0.25) is 0 Å². The minimum Gasteiger partial charge on any atom is -0.330 e. The highest BCUT2D eigenvalue weighted by Gasteiger charge is 2.17. The van der Waals surface area contributed by atoms with Crippen LogP contribution in [0.15, 0.2) is 39.1 Å². The van der Waals surface area contributed by atoms with E-state index in [1.165, 1.54) is 11.3 Å². The first-order chi connectivity index (χ1) is 9.53. The van der Waals surface area contributed by atoms with Crippen LogP contribution >= 0.6 is 39.7 Å². The number of nitrogens with one attached hydrogen (secondary N) is 1. The van der Waals surface area contributed by atoms with Gasteiger partial charge in [0.15, 0.2) is 5.03 Å². The van der Waals surface area contributed by atoms with Crippen molar-refractivity contribution < 1.29 is 8.42 Å². The quantitative estimate of drug-likeness (QED) is 0.714. The van der Waals surface area contributed by atoms with Gasteiger partial charge in [-0.2, -0.15) is 0 Å². The molecule has 5 nitrogen and oxygen atoms in total. The van der Waals surface area contributed by atoms with E-state index in [0.717, 1.165) is 10.0 Å². The predicted octanol–water partition coefficient (Wildman–Crippen LogP) is 2.62. The Morgan fingerprint density at radius 1 is 1.29 bits per heavy atom. The standard InChI is InChI=1S/C12H14BrN3O2S2.ClH/c13-10-4-2-9(3-5-10)12-16-11(8-19-12)20(17,18)15-7-1-6-14;/h2-5,8,15H,1,6-7,14H2;1H. The zero-order valence-corrected chi connectivity index (χ0v) is 15.0. The van der Waals surface area contributed by atoms with Gasteiger partial charge in [-0.1, -0.05) is 28.1 Å². The van der Waals surface area contributed by atoms with Crippen LogP contribution < -0.4 is 10.5 Å². The summed E-state index contributed by atoms with van der Waals surface area (Å²) in [6.45, 7) is 0.772. The topological polar surface area (TPSA) is 85.1 Å². The minimum atomic E-state index is -3.54. The van der Waals surface area contributed by atoms with Crippen LogP contribution in [-0.4, -0.2) is 26.5 Å². The van der Waals surface area contributed by atoms with Gasteiger partial charge >= 0.3 is 0 Å². The Balaban J connectivity index is 0.00000220. The Morgan fingerprint density at radius 3 is 2.57 bits per heavy atom. The Morgan fingerprint density at radius 2 is 1.95 bits per heavy atom. The summed E-state index contributed by atoms with van der Waals surface area (Å²) in [5.41, 5.74) is 6.23. The predicted molar refractivity (Wildman–Crippen MR) is 91.4 cm³/mol. The zero-order chi connectivity index (χ0) is 14.6. The minimum absolute atomic E-state index is 0. The average Bonchev–Trinajstić information content (AvgIpc) is 2.90. The molecule has 0 aliphatic heterocycles. The fourth-order valence-electron chi connectivity index (χ4n) is 1.49. The molecule has 2 rings (SSSR count). The second kappa shape index (κ2) is 8.21. The van der Waals surface area contributed by atoms with Gasteiger partial charge in [-0.15, -0.1) is 23.7 Å². The van der Waals surface area contributed by atoms with Crippen molar-refractivity contribution in [2.45, 2.75) is 11.4 Å². The molecule has 9 heteroatoms. The molecular formula is C12H15BrClN3O2S2. The van der Waals surface area contributed by atoms with Crippen LogP contribution in [0.2, 0.25) is 0 Å². The molecule has 0 bridgehead atoms. The molecule has 1 heterocycles. The summed E-state index contributed by atoms with van der Waals surface area (Å²) in [6.07, 6.45) is 0.600. The van der Waals surface area contributed by atoms with Crippen molar-refractivity contribution >= 4 is 49.7 Å². The van der Waals surface area contributed by atoms with E-state index in [2.05, 4.69) is 25.6 Å². The van der Waals surface area contributed by atoms with Gasteiger partial charge in [0.25, 0.3) is 10.0 Å². The lowest BCUT2D eigenvalue weighted by Crippen LogP contribution is -2.26. The highest BCUT2D eigenvalue weighted by molar-refractivity contribution is 9.10. The molecule has 0 atom stereocenters. The van der Waals surface area contributed by atoms with Crippen molar-refractivity contribution in [3.63, 3.8) is 0 Å². The van der Waals surface area contributed by atoms with Crippen molar-refractivity contribution in [3.8, 4) is 10.6 Å². The number of rotatable bonds is 6. The van der Waals surface area contributed by atoms with Gasteiger partial charge in [0.2, 0.25) is 0 Å². The lowest BCUT2D eigenvalue weighted by atomic mass is 10.2. The smallest absolute Gasteiger partial charge is 0.258 e. The van der Waals surface area contributed by atoms with E-state index in [-0.39, 0.29) is 17.4 Å². The Kier molecular flexibility index (Phi) is 7.25. The Labute approximate surface area is 142 Å². The van der Waals surface area contributed by atoms with Crippen LogP contribution in [-0.2, 0) is 10.0 Å². The lowest BCUT2D eigenvalue weighted by Gasteiger charge is -2.02. The summed E-state index contributed by atoms with van der Waals surface area (Å²) in [5.74, 6) is 0. The van der Waals surface area contributed by atoms with Crippen LogP contribution in [0.3, 0.4) is 0 Å². The largest absolute Gasteiger partial charge is 0.330 e. The number of sulfonamides is 1. The van der Waals surface area contributed by atoms with Crippen LogP contribution in [0.1, 0.15) is 6.42 Å². The van der Waals surface area contributed by atoms with Gasteiger partial charge in [-0.05, 0) is 25.1 Å². The maximum absolute atomic E-state index is 12.0. The SMILES string of the molecule is Cl.NCCCNS(=O)(=O)c1csc(-c2ccc(Br)cc2)n1. The van der Waals surface area contributed by atoms with Crippen molar-refractivity contribution in [1.29, 1.82) is 0 Å². The number of nitrogens with two attached hydrogens (primary N) is 1. The number of nitrogens with zero attached hydrogens (tertiary/aromatic N) is 1. The molecule has 0 aliphatic carbocycles. The maximum atomic E-state index is 12.0. The first kappa shape index (κ1) is 18.5. The normalized spacial score (nSPS) is 11.1. The van der Waals surface area contributed by atoms with E-state index in [9.17, 15) is 8.42 Å².